The van der Waals surface area contributed by atoms with Gasteiger partial charge in [0.05, 0.1) is 0 Å². The van der Waals surface area contributed by atoms with Crippen molar-refractivity contribution in [2.45, 2.75) is 19.9 Å². The predicted molar refractivity (Wildman–Crippen MR) is 82.4 cm³/mol. The van der Waals surface area contributed by atoms with Crippen molar-refractivity contribution in [2.24, 2.45) is 0 Å². The van der Waals surface area contributed by atoms with Crippen LogP contribution in [0.1, 0.15) is 30.4 Å². The Balaban J connectivity index is 2.53. The third-order valence-electron chi connectivity index (χ3n) is 2.37. The molecule has 18 heavy (non-hydrogen) atoms. The molecule has 0 bridgehead atoms. The van der Waals surface area contributed by atoms with Crippen LogP contribution in [0.4, 0.5) is 0 Å². The average Bonchev–Trinajstić information content (AvgIpc) is 2.71. The Morgan fingerprint density at radius 1 is 1.67 bits per heavy atom. The monoisotopic (exact) mass is 330 g/mol. The van der Waals surface area contributed by atoms with Crippen molar-refractivity contribution in [1.82, 2.24) is 9.88 Å². The van der Waals surface area contributed by atoms with Crippen molar-refractivity contribution in [2.75, 3.05) is 18.1 Å². The molecular formula is C13H19BrN2OS. The normalized spacial score (nSPS) is 10.7. The molecule has 1 N–H and O–H groups in total. The van der Waals surface area contributed by atoms with E-state index in [9.17, 15) is 4.79 Å². The van der Waals surface area contributed by atoms with Gasteiger partial charge >= 0.3 is 0 Å². The number of nitrogens with zero attached hydrogens (tertiary/aromatic N) is 1. The number of rotatable bonds is 7. The molecule has 0 saturated heterocycles. The molecular weight excluding hydrogens is 312 g/mol. The van der Waals surface area contributed by atoms with Crippen molar-refractivity contribution in [3.63, 3.8) is 0 Å². The molecule has 1 rings (SSSR count). The molecule has 5 heteroatoms. The second-order valence-electron chi connectivity index (χ2n) is 4.16. The highest BCUT2D eigenvalue weighted by atomic mass is 79.9. The van der Waals surface area contributed by atoms with Crippen LogP contribution in [0.5, 0.6) is 0 Å². The zero-order chi connectivity index (χ0) is 13.5. The summed E-state index contributed by atoms with van der Waals surface area (Å²) in [6, 6.07) is 2.12. The van der Waals surface area contributed by atoms with Crippen LogP contribution < -0.4 is 5.32 Å². The molecule has 100 valence electrons. The van der Waals surface area contributed by atoms with E-state index in [0.29, 0.717) is 12.2 Å². The highest BCUT2D eigenvalue weighted by Gasteiger charge is 2.14. The van der Waals surface area contributed by atoms with Crippen LogP contribution in [0.3, 0.4) is 0 Å². The van der Waals surface area contributed by atoms with Gasteiger partial charge in [-0.2, -0.15) is 11.8 Å². The molecule has 0 radical (unpaired) electrons. The SMILES string of the molecule is C=CCSCCNC(=O)c1cc(Br)cn1C(C)C. The highest BCUT2D eigenvalue weighted by Crippen LogP contribution is 2.19. The van der Waals surface area contributed by atoms with E-state index in [0.717, 1.165) is 16.0 Å². The first-order valence-electron chi connectivity index (χ1n) is 5.90. The number of hydrogen-bond acceptors (Lipinski definition) is 2. The maximum absolute atomic E-state index is 12.0. The third-order valence-corrected chi connectivity index (χ3v) is 3.77. The van der Waals surface area contributed by atoms with Gasteiger partial charge in [-0.1, -0.05) is 6.08 Å². The lowest BCUT2D eigenvalue weighted by Crippen LogP contribution is -2.28. The smallest absolute Gasteiger partial charge is 0.267 e. The van der Waals surface area contributed by atoms with Crippen LogP contribution in [-0.4, -0.2) is 28.5 Å². The number of carbonyl (C=O) groups excluding carboxylic acids is 1. The number of hydrogen-bond donors (Lipinski definition) is 1. The van der Waals surface area contributed by atoms with Crippen molar-refractivity contribution in [3.8, 4) is 0 Å². The van der Waals surface area contributed by atoms with Gasteiger partial charge in [0.1, 0.15) is 5.69 Å². The number of carbonyl (C=O) groups is 1. The van der Waals surface area contributed by atoms with Gasteiger partial charge in [0.2, 0.25) is 0 Å². The molecule has 0 saturated carbocycles. The first-order chi connectivity index (χ1) is 8.56. The maximum Gasteiger partial charge on any atom is 0.267 e. The molecule has 0 aliphatic heterocycles. The van der Waals surface area contributed by atoms with E-state index in [-0.39, 0.29) is 11.9 Å². The summed E-state index contributed by atoms with van der Waals surface area (Å²) in [5.41, 5.74) is 0.700. The summed E-state index contributed by atoms with van der Waals surface area (Å²) < 4.78 is 2.90. The molecule has 1 aromatic rings. The molecule has 1 heterocycles. The largest absolute Gasteiger partial charge is 0.350 e. The first kappa shape index (κ1) is 15.4. The van der Waals surface area contributed by atoms with E-state index in [1.54, 1.807) is 11.8 Å². The lowest BCUT2D eigenvalue weighted by atomic mass is 10.3. The lowest BCUT2D eigenvalue weighted by Gasteiger charge is -2.12. The Morgan fingerprint density at radius 3 is 3.00 bits per heavy atom. The molecule has 1 aromatic heterocycles. The minimum absolute atomic E-state index is 0.0198. The van der Waals surface area contributed by atoms with Crippen LogP contribution >= 0.6 is 27.7 Å². The predicted octanol–water partition coefficient (Wildman–Crippen LogP) is 3.48. The van der Waals surface area contributed by atoms with E-state index >= 15 is 0 Å². The van der Waals surface area contributed by atoms with Crippen LogP contribution in [0, 0.1) is 0 Å². The zero-order valence-electron chi connectivity index (χ0n) is 10.8. The van der Waals surface area contributed by atoms with Gasteiger partial charge in [0, 0.05) is 34.8 Å². The van der Waals surface area contributed by atoms with E-state index < -0.39 is 0 Å². The minimum atomic E-state index is -0.0198. The summed E-state index contributed by atoms with van der Waals surface area (Å²) in [7, 11) is 0. The fraction of sp³-hybridized carbons (Fsp3) is 0.462. The van der Waals surface area contributed by atoms with Gasteiger partial charge < -0.3 is 9.88 Å². The molecule has 0 aliphatic rings. The van der Waals surface area contributed by atoms with Crippen LogP contribution in [0.15, 0.2) is 29.4 Å². The molecule has 0 fully saturated rings. The van der Waals surface area contributed by atoms with Crippen molar-refractivity contribution >= 4 is 33.6 Å². The van der Waals surface area contributed by atoms with Crippen molar-refractivity contribution < 1.29 is 4.79 Å². The second-order valence-corrected chi connectivity index (χ2v) is 6.23. The fourth-order valence-electron chi connectivity index (χ4n) is 1.55. The van der Waals surface area contributed by atoms with Crippen LogP contribution in [0.2, 0.25) is 0 Å². The quantitative estimate of drug-likeness (QED) is 0.613. The molecule has 0 unspecified atom stereocenters. The molecule has 3 nitrogen and oxygen atoms in total. The number of nitrogens with one attached hydrogen (secondary N) is 1. The number of amides is 1. The molecule has 0 atom stereocenters. The molecule has 0 aromatic carbocycles. The Kier molecular flexibility index (Phi) is 6.57. The van der Waals surface area contributed by atoms with Gasteiger partial charge in [-0.05, 0) is 35.8 Å². The number of thioether (sulfide) groups is 1. The van der Waals surface area contributed by atoms with Crippen LogP contribution in [-0.2, 0) is 0 Å². The Bertz CT molecular complexity index is 415. The second kappa shape index (κ2) is 7.69. The van der Waals surface area contributed by atoms with E-state index in [2.05, 4.69) is 41.7 Å². The van der Waals surface area contributed by atoms with Gasteiger partial charge in [0.25, 0.3) is 5.91 Å². The summed E-state index contributed by atoms with van der Waals surface area (Å²) in [6.45, 7) is 8.45. The first-order valence-corrected chi connectivity index (χ1v) is 7.85. The maximum atomic E-state index is 12.0. The summed E-state index contributed by atoms with van der Waals surface area (Å²) in [4.78, 5) is 12.0. The molecule has 0 spiro atoms. The highest BCUT2D eigenvalue weighted by molar-refractivity contribution is 9.10. The van der Waals surface area contributed by atoms with E-state index in [1.165, 1.54) is 0 Å². The number of aromatic nitrogens is 1. The molecule has 0 aliphatic carbocycles. The van der Waals surface area contributed by atoms with E-state index in [1.807, 2.05) is 22.9 Å². The Hall–Kier alpha value is -0.680. The summed E-state index contributed by atoms with van der Waals surface area (Å²) in [5.74, 6) is 1.80. The van der Waals surface area contributed by atoms with Gasteiger partial charge in [-0.15, -0.1) is 6.58 Å². The molecule has 1 amide bonds. The summed E-state index contributed by atoms with van der Waals surface area (Å²) >= 11 is 5.16. The van der Waals surface area contributed by atoms with Crippen molar-refractivity contribution in [3.05, 3.63) is 35.1 Å². The minimum Gasteiger partial charge on any atom is -0.350 e. The summed E-state index contributed by atoms with van der Waals surface area (Å²) in [6.07, 6.45) is 3.81. The van der Waals surface area contributed by atoms with Crippen molar-refractivity contribution in [1.29, 1.82) is 0 Å². The van der Waals surface area contributed by atoms with Gasteiger partial charge in [-0.3, -0.25) is 4.79 Å². The van der Waals surface area contributed by atoms with Crippen LogP contribution in [0.25, 0.3) is 0 Å². The zero-order valence-corrected chi connectivity index (χ0v) is 13.2. The Morgan fingerprint density at radius 2 is 2.39 bits per heavy atom. The Labute approximate surface area is 121 Å². The summed E-state index contributed by atoms with van der Waals surface area (Å²) in [5, 5.41) is 2.93. The topological polar surface area (TPSA) is 34.0 Å². The van der Waals surface area contributed by atoms with Gasteiger partial charge in [0.15, 0.2) is 0 Å². The third kappa shape index (κ3) is 4.53. The average molecular weight is 331 g/mol. The number of halogens is 1. The lowest BCUT2D eigenvalue weighted by molar-refractivity contribution is 0.0945. The fourth-order valence-corrected chi connectivity index (χ4v) is 2.57. The van der Waals surface area contributed by atoms with Gasteiger partial charge in [-0.25, -0.2) is 0 Å². The van der Waals surface area contributed by atoms with E-state index in [4.69, 9.17) is 0 Å². The standard InChI is InChI=1S/C13H19BrN2OS/c1-4-6-18-7-5-15-13(17)12-8-11(14)9-16(12)10(2)3/h4,8-10H,1,5-7H2,2-3H3,(H,15,17).